The summed E-state index contributed by atoms with van der Waals surface area (Å²) in [4.78, 5) is 26.0. The predicted octanol–water partition coefficient (Wildman–Crippen LogP) is 3.30. The van der Waals surface area contributed by atoms with E-state index >= 15 is 0 Å². The Labute approximate surface area is 154 Å². The number of carbonyl (C=O) groups is 2. The number of carbonyl (C=O) groups excluding carboxylic acids is 2. The van der Waals surface area contributed by atoms with Crippen molar-refractivity contribution in [2.75, 3.05) is 18.1 Å². The molecule has 0 saturated carbocycles. The first kappa shape index (κ1) is 18.0. The minimum absolute atomic E-state index is 0.0869. The molecule has 1 aliphatic heterocycles. The van der Waals surface area contributed by atoms with Gasteiger partial charge in [-0.05, 0) is 38.5 Å². The number of nitrogens with one attached hydrogen (secondary N) is 1. The van der Waals surface area contributed by atoms with Crippen LogP contribution in [-0.2, 0) is 9.59 Å². The van der Waals surface area contributed by atoms with E-state index in [1.807, 2.05) is 56.3 Å². The van der Waals surface area contributed by atoms with Crippen LogP contribution >= 0.6 is 0 Å². The SMILES string of the molecule is CC(=O)N[C@@H]1C(=O)N(CCCOc2ccc(C)cc2)c2ccc(C)cc21. The standard InChI is InChI=1S/C21H24N2O3/c1-14-5-8-17(9-6-14)26-12-4-11-23-19-10-7-15(2)13-18(19)20(21(23)25)22-16(3)24/h5-10,13,20H,4,11-12H2,1-3H3,(H,22,24)/t20-/m0/s1. The van der Waals surface area contributed by atoms with E-state index in [9.17, 15) is 9.59 Å². The highest BCUT2D eigenvalue weighted by Crippen LogP contribution is 2.36. The fourth-order valence-corrected chi connectivity index (χ4v) is 3.18. The van der Waals surface area contributed by atoms with Gasteiger partial charge in [-0.15, -0.1) is 0 Å². The molecule has 0 fully saturated rings. The van der Waals surface area contributed by atoms with Crippen LogP contribution in [0.4, 0.5) is 5.69 Å². The van der Waals surface area contributed by atoms with E-state index in [1.165, 1.54) is 12.5 Å². The van der Waals surface area contributed by atoms with Gasteiger partial charge in [0.1, 0.15) is 11.8 Å². The molecule has 3 rings (SSSR count). The Morgan fingerprint density at radius 3 is 2.50 bits per heavy atom. The van der Waals surface area contributed by atoms with Crippen LogP contribution in [0.3, 0.4) is 0 Å². The summed E-state index contributed by atoms with van der Waals surface area (Å²) in [6, 6.07) is 13.2. The predicted molar refractivity (Wildman–Crippen MR) is 101 cm³/mol. The minimum Gasteiger partial charge on any atom is -0.494 e. The molecule has 0 aliphatic carbocycles. The molecule has 5 heteroatoms. The van der Waals surface area contributed by atoms with Crippen LogP contribution in [0.2, 0.25) is 0 Å². The Kier molecular flexibility index (Phi) is 5.26. The number of benzene rings is 2. The Balaban J connectivity index is 1.65. The maximum Gasteiger partial charge on any atom is 0.254 e. The van der Waals surface area contributed by atoms with Crippen molar-refractivity contribution in [3.8, 4) is 5.75 Å². The Morgan fingerprint density at radius 1 is 1.12 bits per heavy atom. The summed E-state index contributed by atoms with van der Waals surface area (Å²) in [6.45, 7) is 6.53. The first-order chi connectivity index (χ1) is 12.5. The van der Waals surface area contributed by atoms with E-state index in [0.717, 1.165) is 22.6 Å². The normalized spacial score (nSPS) is 15.7. The maximum absolute atomic E-state index is 12.8. The van der Waals surface area contributed by atoms with E-state index in [2.05, 4.69) is 5.32 Å². The Hall–Kier alpha value is -2.82. The number of hydrogen-bond acceptors (Lipinski definition) is 3. The van der Waals surface area contributed by atoms with Crippen molar-refractivity contribution in [3.63, 3.8) is 0 Å². The number of fused-ring (bicyclic) bond motifs is 1. The summed E-state index contributed by atoms with van der Waals surface area (Å²) in [6.07, 6.45) is 0.708. The zero-order valence-electron chi connectivity index (χ0n) is 15.4. The average Bonchev–Trinajstić information content (AvgIpc) is 2.84. The molecule has 5 nitrogen and oxygen atoms in total. The smallest absolute Gasteiger partial charge is 0.254 e. The molecule has 0 saturated heterocycles. The van der Waals surface area contributed by atoms with Crippen LogP contribution in [0.1, 0.15) is 36.1 Å². The summed E-state index contributed by atoms with van der Waals surface area (Å²) in [5.41, 5.74) is 3.99. The van der Waals surface area contributed by atoms with Crippen LogP contribution < -0.4 is 15.0 Å². The fraction of sp³-hybridized carbons (Fsp3) is 0.333. The molecular formula is C21H24N2O3. The molecule has 0 radical (unpaired) electrons. The monoisotopic (exact) mass is 352 g/mol. The lowest BCUT2D eigenvalue weighted by atomic mass is 10.1. The number of ether oxygens (including phenoxy) is 1. The quantitative estimate of drug-likeness (QED) is 0.812. The summed E-state index contributed by atoms with van der Waals surface area (Å²) in [5.74, 6) is 0.534. The largest absolute Gasteiger partial charge is 0.494 e. The number of amides is 2. The molecule has 0 bridgehead atoms. The molecule has 1 N–H and O–H groups in total. The van der Waals surface area contributed by atoms with Gasteiger partial charge in [-0.3, -0.25) is 9.59 Å². The van der Waals surface area contributed by atoms with Gasteiger partial charge in [0.25, 0.3) is 5.91 Å². The van der Waals surface area contributed by atoms with Gasteiger partial charge in [-0.1, -0.05) is 35.4 Å². The third-order valence-corrected chi connectivity index (χ3v) is 4.46. The second kappa shape index (κ2) is 7.60. The van der Waals surface area contributed by atoms with Crippen LogP contribution in [-0.4, -0.2) is 25.0 Å². The first-order valence-corrected chi connectivity index (χ1v) is 8.84. The molecule has 1 heterocycles. The molecule has 0 unspecified atom stereocenters. The van der Waals surface area contributed by atoms with Crippen LogP contribution in [0.5, 0.6) is 5.75 Å². The van der Waals surface area contributed by atoms with Crippen molar-refractivity contribution in [1.82, 2.24) is 5.32 Å². The molecule has 2 aromatic rings. The van der Waals surface area contributed by atoms with E-state index in [4.69, 9.17) is 4.74 Å². The van der Waals surface area contributed by atoms with Crippen molar-refractivity contribution >= 4 is 17.5 Å². The highest BCUT2D eigenvalue weighted by molar-refractivity contribution is 6.06. The van der Waals surface area contributed by atoms with Crippen molar-refractivity contribution < 1.29 is 14.3 Å². The molecule has 0 spiro atoms. The van der Waals surface area contributed by atoms with Crippen LogP contribution in [0, 0.1) is 13.8 Å². The van der Waals surface area contributed by atoms with E-state index < -0.39 is 6.04 Å². The molecule has 0 aromatic heterocycles. The van der Waals surface area contributed by atoms with Crippen molar-refractivity contribution in [1.29, 1.82) is 0 Å². The third kappa shape index (κ3) is 3.87. The summed E-state index contributed by atoms with van der Waals surface area (Å²) < 4.78 is 5.75. The van der Waals surface area contributed by atoms with Gasteiger partial charge in [0.15, 0.2) is 0 Å². The minimum atomic E-state index is -0.597. The second-order valence-corrected chi connectivity index (χ2v) is 6.70. The highest BCUT2D eigenvalue weighted by Gasteiger charge is 2.37. The number of aryl methyl sites for hydroxylation is 2. The van der Waals surface area contributed by atoms with Gasteiger partial charge >= 0.3 is 0 Å². The average molecular weight is 352 g/mol. The number of anilines is 1. The van der Waals surface area contributed by atoms with Gasteiger partial charge in [0.2, 0.25) is 5.91 Å². The molecule has 136 valence electrons. The fourth-order valence-electron chi connectivity index (χ4n) is 3.18. The molecule has 26 heavy (non-hydrogen) atoms. The second-order valence-electron chi connectivity index (χ2n) is 6.70. The number of hydrogen-bond donors (Lipinski definition) is 1. The van der Waals surface area contributed by atoms with Gasteiger partial charge in [0.05, 0.1) is 6.61 Å². The van der Waals surface area contributed by atoms with Gasteiger partial charge < -0.3 is 15.0 Å². The van der Waals surface area contributed by atoms with Gasteiger partial charge in [0, 0.05) is 24.7 Å². The lowest BCUT2D eigenvalue weighted by Gasteiger charge is -2.18. The maximum atomic E-state index is 12.8. The Bertz CT molecular complexity index is 815. The molecule has 1 aliphatic rings. The van der Waals surface area contributed by atoms with Crippen molar-refractivity contribution in [3.05, 3.63) is 59.2 Å². The molecular weight excluding hydrogens is 328 g/mol. The van der Waals surface area contributed by atoms with E-state index in [0.29, 0.717) is 19.6 Å². The lowest BCUT2D eigenvalue weighted by Crippen LogP contribution is -2.37. The third-order valence-electron chi connectivity index (χ3n) is 4.46. The highest BCUT2D eigenvalue weighted by atomic mass is 16.5. The summed E-state index contributed by atoms with van der Waals surface area (Å²) in [7, 11) is 0. The van der Waals surface area contributed by atoms with Gasteiger partial charge in [-0.2, -0.15) is 0 Å². The lowest BCUT2D eigenvalue weighted by molar-refractivity contribution is -0.126. The Morgan fingerprint density at radius 2 is 1.81 bits per heavy atom. The summed E-state index contributed by atoms with van der Waals surface area (Å²) >= 11 is 0. The van der Waals surface area contributed by atoms with Crippen LogP contribution in [0.25, 0.3) is 0 Å². The zero-order valence-corrected chi connectivity index (χ0v) is 15.4. The first-order valence-electron chi connectivity index (χ1n) is 8.84. The van der Waals surface area contributed by atoms with Gasteiger partial charge in [-0.25, -0.2) is 0 Å². The van der Waals surface area contributed by atoms with Crippen molar-refractivity contribution in [2.45, 2.75) is 33.2 Å². The number of rotatable bonds is 6. The zero-order chi connectivity index (χ0) is 18.7. The van der Waals surface area contributed by atoms with E-state index in [1.54, 1.807) is 4.90 Å². The topological polar surface area (TPSA) is 58.6 Å². The number of nitrogens with zero attached hydrogens (tertiary/aromatic N) is 1. The van der Waals surface area contributed by atoms with E-state index in [-0.39, 0.29) is 11.8 Å². The van der Waals surface area contributed by atoms with Crippen molar-refractivity contribution in [2.24, 2.45) is 0 Å². The molecule has 1 atom stereocenters. The van der Waals surface area contributed by atoms with Crippen LogP contribution in [0.15, 0.2) is 42.5 Å². The summed E-state index contributed by atoms with van der Waals surface area (Å²) in [5, 5.41) is 2.77. The molecule has 2 aromatic carbocycles. The molecule has 2 amide bonds.